The van der Waals surface area contributed by atoms with Crippen LogP contribution in [0.2, 0.25) is 0 Å². The lowest BCUT2D eigenvalue weighted by atomic mass is 9.80. The van der Waals surface area contributed by atoms with E-state index in [0.717, 1.165) is 12.8 Å². The zero-order valence-corrected chi connectivity index (χ0v) is 18.0. The molecule has 1 aliphatic carbocycles. The Morgan fingerprint density at radius 3 is 2.48 bits per heavy atom. The van der Waals surface area contributed by atoms with Crippen LogP contribution in [0.15, 0.2) is 41.5 Å². The van der Waals surface area contributed by atoms with Gasteiger partial charge in [-0.05, 0) is 45.7 Å². The Hall–Kier alpha value is -2.74. The van der Waals surface area contributed by atoms with Gasteiger partial charge in [0.05, 0.1) is 24.2 Å². The Bertz CT molecular complexity index is 1030. The van der Waals surface area contributed by atoms with Crippen LogP contribution in [0.1, 0.15) is 33.6 Å². The van der Waals surface area contributed by atoms with Crippen molar-refractivity contribution in [3.63, 3.8) is 0 Å². The van der Waals surface area contributed by atoms with Crippen LogP contribution in [0.3, 0.4) is 0 Å². The van der Waals surface area contributed by atoms with Crippen LogP contribution in [0, 0.1) is 17.7 Å². The Labute approximate surface area is 180 Å². The SMILES string of the molecule is CC(C)(C)OC(=O)N1C[C@@H]2CC[C@@H](C1)C2(O)Cn1cnc(-c2ccccc2F)cc1=O. The number of aromatic nitrogens is 2. The van der Waals surface area contributed by atoms with Gasteiger partial charge in [-0.15, -0.1) is 0 Å². The molecule has 1 amide bonds. The average Bonchev–Trinajstić information content (AvgIpc) is 2.86. The number of hydrogen-bond acceptors (Lipinski definition) is 5. The van der Waals surface area contributed by atoms with Gasteiger partial charge in [-0.2, -0.15) is 0 Å². The number of nitrogens with zero attached hydrogens (tertiary/aromatic N) is 3. The summed E-state index contributed by atoms with van der Waals surface area (Å²) in [4.78, 5) is 31.1. The van der Waals surface area contributed by atoms with E-state index in [0.29, 0.717) is 13.1 Å². The van der Waals surface area contributed by atoms with Gasteiger partial charge in [0.2, 0.25) is 0 Å². The molecule has 1 saturated heterocycles. The molecule has 2 aliphatic rings. The number of likely N-dealkylation sites (tertiary alicyclic amines) is 1. The summed E-state index contributed by atoms with van der Waals surface area (Å²) < 4.78 is 20.9. The van der Waals surface area contributed by atoms with Crippen LogP contribution >= 0.6 is 0 Å². The summed E-state index contributed by atoms with van der Waals surface area (Å²) in [6, 6.07) is 7.45. The second-order valence-corrected chi connectivity index (χ2v) is 9.57. The summed E-state index contributed by atoms with van der Waals surface area (Å²) in [6.45, 7) is 6.33. The molecule has 0 radical (unpaired) electrons. The second kappa shape index (κ2) is 7.75. The van der Waals surface area contributed by atoms with Gasteiger partial charge < -0.3 is 14.7 Å². The highest BCUT2D eigenvalue weighted by molar-refractivity contribution is 5.68. The average molecular weight is 429 g/mol. The molecule has 0 unspecified atom stereocenters. The number of aliphatic hydroxyl groups is 1. The predicted octanol–water partition coefficient (Wildman–Crippen LogP) is 3.06. The lowest BCUT2D eigenvalue weighted by Gasteiger charge is -2.44. The first-order valence-electron chi connectivity index (χ1n) is 10.6. The van der Waals surface area contributed by atoms with Crippen LogP contribution < -0.4 is 5.56 Å². The van der Waals surface area contributed by atoms with E-state index >= 15 is 0 Å². The van der Waals surface area contributed by atoms with E-state index in [1.807, 2.05) is 20.8 Å². The van der Waals surface area contributed by atoms with Gasteiger partial charge in [-0.1, -0.05) is 12.1 Å². The Morgan fingerprint density at radius 2 is 1.90 bits per heavy atom. The van der Waals surface area contributed by atoms with Crippen LogP contribution in [0.4, 0.5) is 9.18 Å². The molecule has 4 rings (SSSR count). The van der Waals surface area contributed by atoms with Crippen molar-refractivity contribution >= 4 is 6.09 Å². The smallest absolute Gasteiger partial charge is 0.410 e. The van der Waals surface area contributed by atoms with Crippen molar-refractivity contribution in [3.05, 3.63) is 52.8 Å². The molecule has 1 aromatic carbocycles. The summed E-state index contributed by atoms with van der Waals surface area (Å²) in [7, 11) is 0. The van der Waals surface area contributed by atoms with Crippen molar-refractivity contribution in [3.8, 4) is 11.3 Å². The third kappa shape index (κ3) is 4.21. The number of hydrogen-bond donors (Lipinski definition) is 1. The highest BCUT2D eigenvalue weighted by Gasteiger charge is 2.54. The largest absolute Gasteiger partial charge is 0.444 e. The second-order valence-electron chi connectivity index (χ2n) is 9.57. The number of amides is 1. The number of carbonyl (C=O) groups excluding carboxylic acids is 1. The van der Waals surface area contributed by atoms with Crippen molar-refractivity contribution in [1.29, 1.82) is 0 Å². The lowest BCUT2D eigenvalue weighted by molar-refractivity contribution is -0.0951. The molecule has 2 heterocycles. The molecule has 8 heteroatoms. The van der Waals surface area contributed by atoms with Gasteiger partial charge >= 0.3 is 6.09 Å². The highest BCUT2D eigenvalue weighted by Crippen LogP contribution is 2.46. The maximum absolute atomic E-state index is 14.0. The van der Waals surface area contributed by atoms with E-state index in [1.165, 1.54) is 23.0 Å². The fraction of sp³-hybridized carbons (Fsp3) is 0.522. The van der Waals surface area contributed by atoms with Crippen LogP contribution in [-0.4, -0.2) is 49.9 Å². The van der Waals surface area contributed by atoms with Gasteiger partial charge in [0.1, 0.15) is 11.4 Å². The molecule has 1 aliphatic heterocycles. The number of halogens is 1. The first-order valence-corrected chi connectivity index (χ1v) is 10.6. The number of ether oxygens (including phenoxy) is 1. The van der Waals surface area contributed by atoms with Crippen molar-refractivity contribution in [1.82, 2.24) is 14.5 Å². The monoisotopic (exact) mass is 429 g/mol. The molecule has 2 atom stereocenters. The minimum Gasteiger partial charge on any atom is -0.444 e. The summed E-state index contributed by atoms with van der Waals surface area (Å²) in [5, 5.41) is 11.5. The summed E-state index contributed by atoms with van der Waals surface area (Å²) in [6.07, 6.45) is 2.53. The Morgan fingerprint density at radius 1 is 1.26 bits per heavy atom. The standard InChI is InChI=1S/C23H28FN3O4/c1-22(2,3)31-21(29)26-11-15-8-9-16(12-26)23(15,30)13-27-14-25-19(10-20(27)28)17-6-4-5-7-18(17)24/h4-7,10,14-16,30H,8-9,11-13H2,1-3H3/t15-,16-/m0/s1. The fourth-order valence-electron chi connectivity index (χ4n) is 4.71. The molecule has 2 aromatic rings. The lowest BCUT2D eigenvalue weighted by Crippen LogP contribution is -2.58. The topological polar surface area (TPSA) is 84.7 Å². The van der Waals surface area contributed by atoms with Crippen LogP contribution in [0.25, 0.3) is 11.3 Å². The van der Waals surface area contributed by atoms with E-state index in [9.17, 15) is 19.1 Å². The minimum absolute atomic E-state index is 0.0911. The number of fused-ring (bicyclic) bond motifs is 2. The quantitative estimate of drug-likeness (QED) is 0.811. The number of piperidine rings is 1. The zero-order valence-electron chi connectivity index (χ0n) is 18.0. The third-order valence-corrected chi connectivity index (χ3v) is 6.26. The molecular formula is C23H28FN3O4. The van der Waals surface area contributed by atoms with Gasteiger partial charge in [-0.3, -0.25) is 9.36 Å². The van der Waals surface area contributed by atoms with Crippen molar-refractivity contribution in [2.45, 2.75) is 51.4 Å². The molecule has 2 fully saturated rings. The molecule has 1 saturated carbocycles. The maximum atomic E-state index is 14.0. The van der Waals surface area contributed by atoms with Crippen molar-refractivity contribution < 1.29 is 19.0 Å². The van der Waals surface area contributed by atoms with E-state index in [1.54, 1.807) is 23.1 Å². The molecule has 7 nitrogen and oxygen atoms in total. The normalized spacial score (nSPS) is 25.5. The van der Waals surface area contributed by atoms with Gasteiger partial charge in [0.25, 0.3) is 5.56 Å². The predicted molar refractivity (Wildman–Crippen MR) is 113 cm³/mol. The Kier molecular flexibility index (Phi) is 5.37. The summed E-state index contributed by atoms with van der Waals surface area (Å²) in [5.41, 5.74) is -1.52. The van der Waals surface area contributed by atoms with E-state index in [-0.39, 0.29) is 41.3 Å². The number of rotatable bonds is 3. The van der Waals surface area contributed by atoms with Gasteiger partial charge in [-0.25, -0.2) is 14.2 Å². The van der Waals surface area contributed by atoms with Crippen molar-refractivity contribution in [2.24, 2.45) is 11.8 Å². The van der Waals surface area contributed by atoms with Gasteiger partial charge in [0.15, 0.2) is 0 Å². The summed E-state index contributed by atoms with van der Waals surface area (Å²) in [5.74, 6) is -0.757. The summed E-state index contributed by atoms with van der Waals surface area (Å²) >= 11 is 0. The van der Waals surface area contributed by atoms with Crippen LogP contribution in [-0.2, 0) is 11.3 Å². The highest BCUT2D eigenvalue weighted by atomic mass is 19.1. The first kappa shape index (κ1) is 21.5. The molecule has 0 spiro atoms. The maximum Gasteiger partial charge on any atom is 0.410 e. The molecule has 31 heavy (non-hydrogen) atoms. The molecule has 1 N–H and O–H groups in total. The molecule has 1 aromatic heterocycles. The molecule has 166 valence electrons. The number of benzene rings is 1. The van der Waals surface area contributed by atoms with Gasteiger partial charge in [0, 0.05) is 36.6 Å². The molecular weight excluding hydrogens is 401 g/mol. The molecule has 2 bridgehead atoms. The fourth-order valence-corrected chi connectivity index (χ4v) is 4.71. The zero-order chi connectivity index (χ0) is 22.4. The van der Waals surface area contributed by atoms with E-state index in [2.05, 4.69) is 4.98 Å². The van der Waals surface area contributed by atoms with Crippen molar-refractivity contribution in [2.75, 3.05) is 13.1 Å². The van der Waals surface area contributed by atoms with E-state index in [4.69, 9.17) is 4.74 Å². The van der Waals surface area contributed by atoms with Crippen LogP contribution in [0.5, 0.6) is 0 Å². The minimum atomic E-state index is -1.11. The third-order valence-electron chi connectivity index (χ3n) is 6.26. The number of carbonyl (C=O) groups is 1. The van der Waals surface area contributed by atoms with E-state index < -0.39 is 17.0 Å². The Balaban J connectivity index is 1.52. The first-order chi connectivity index (χ1) is 14.6.